The molecular formula is C11H16O. The molecule has 1 aliphatic rings. The molecule has 0 aliphatic heterocycles. The van der Waals surface area contributed by atoms with E-state index in [2.05, 4.69) is 18.8 Å². The normalized spacial score (nSPS) is 28.3. The summed E-state index contributed by atoms with van der Waals surface area (Å²) in [4.78, 5) is 11.2. The summed E-state index contributed by atoms with van der Waals surface area (Å²) in [5.74, 6) is 7.29. The van der Waals surface area contributed by atoms with Crippen molar-refractivity contribution in [3.8, 4) is 11.8 Å². The van der Waals surface area contributed by atoms with E-state index in [9.17, 15) is 4.79 Å². The molecule has 66 valence electrons. The summed E-state index contributed by atoms with van der Waals surface area (Å²) in [6, 6.07) is 0. The molecule has 1 saturated carbocycles. The van der Waals surface area contributed by atoms with Crippen molar-refractivity contribution in [2.45, 2.75) is 39.5 Å². The van der Waals surface area contributed by atoms with Crippen molar-refractivity contribution in [1.82, 2.24) is 0 Å². The van der Waals surface area contributed by atoms with Crippen molar-refractivity contribution in [3.63, 3.8) is 0 Å². The molecule has 0 saturated heterocycles. The standard InChI is InChI=1S/C11H16O/c1-3-4-5-6-10-7-8-11(12)9(10)2/h9-10H,5-8H2,1-2H3. The highest BCUT2D eigenvalue weighted by Gasteiger charge is 2.29. The van der Waals surface area contributed by atoms with Crippen LogP contribution in [0, 0.1) is 23.7 Å². The van der Waals surface area contributed by atoms with Gasteiger partial charge in [0, 0.05) is 18.8 Å². The zero-order valence-electron chi connectivity index (χ0n) is 7.89. The molecule has 2 unspecified atom stereocenters. The summed E-state index contributed by atoms with van der Waals surface area (Å²) in [7, 11) is 0. The molecule has 0 amide bonds. The highest BCUT2D eigenvalue weighted by molar-refractivity contribution is 5.82. The van der Waals surface area contributed by atoms with E-state index in [1.54, 1.807) is 0 Å². The molecule has 12 heavy (non-hydrogen) atoms. The lowest BCUT2D eigenvalue weighted by molar-refractivity contribution is -0.120. The van der Waals surface area contributed by atoms with Crippen molar-refractivity contribution in [1.29, 1.82) is 0 Å². The second kappa shape index (κ2) is 4.30. The number of carbonyl (C=O) groups excluding carboxylic acids is 1. The Bertz CT molecular complexity index is 219. The predicted octanol–water partition coefficient (Wildman–Crippen LogP) is 2.41. The van der Waals surface area contributed by atoms with E-state index in [0.717, 1.165) is 25.7 Å². The topological polar surface area (TPSA) is 17.1 Å². The number of Topliss-reactive ketones (excluding diaryl/α,β-unsaturated/α-hetero) is 1. The van der Waals surface area contributed by atoms with Gasteiger partial charge in [-0.05, 0) is 25.7 Å². The Morgan fingerprint density at radius 3 is 2.83 bits per heavy atom. The maximum Gasteiger partial charge on any atom is 0.135 e. The summed E-state index contributed by atoms with van der Waals surface area (Å²) in [6.45, 7) is 3.92. The summed E-state index contributed by atoms with van der Waals surface area (Å²) in [5.41, 5.74) is 0. The fourth-order valence-electron chi connectivity index (χ4n) is 1.85. The summed E-state index contributed by atoms with van der Waals surface area (Å²) < 4.78 is 0. The minimum absolute atomic E-state index is 0.295. The van der Waals surface area contributed by atoms with E-state index >= 15 is 0 Å². The molecule has 0 heterocycles. The Balaban J connectivity index is 2.32. The lowest BCUT2D eigenvalue weighted by Gasteiger charge is -2.10. The number of carbonyl (C=O) groups is 1. The zero-order valence-corrected chi connectivity index (χ0v) is 7.89. The van der Waals surface area contributed by atoms with E-state index in [-0.39, 0.29) is 0 Å². The minimum atomic E-state index is 0.295. The molecule has 0 bridgehead atoms. The molecule has 0 aromatic heterocycles. The van der Waals surface area contributed by atoms with Crippen LogP contribution < -0.4 is 0 Å². The van der Waals surface area contributed by atoms with Gasteiger partial charge in [-0.25, -0.2) is 0 Å². The quantitative estimate of drug-likeness (QED) is 0.573. The third-order valence-electron chi connectivity index (χ3n) is 2.79. The fourth-order valence-corrected chi connectivity index (χ4v) is 1.85. The maximum absolute atomic E-state index is 11.2. The first-order valence-corrected chi connectivity index (χ1v) is 4.68. The van der Waals surface area contributed by atoms with Crippen molar-refractivity contribution in [2.24, 2.45) is 11.8 Å². The van der Waals surface area contributed by atoms with Crippen LogP contribution in [0.15, 0.2) is 0 Å². The molecule has 2 atom stereocenters. The van der Waals surface area contributed by atoms with Crippen molar-refractivity contribution < 1.29 is 4.79 Å². The van der Waals surface area contributed by atoms with E-state index in [4.69, 9.17) is 0 Å². The Labute approximate surface area is 74.5 Å². The SMILES string of the molecule is CC#CCCC1CCC(=O)C1C. The number of hydrogen-bond acceptors (Lipinski definition) is 1. The average molecular weight is 164 g/mol. The van der Waals surface area contributed by atoms with Crippen LogP contribution >= 0.6 is 0 Å². The van der Waals surface area contributed by atoms with Gasteiger partial charge in [0.2, 0.25) is 0 Å². The van der Waals surface area contributed by atoms with Crippen LogP contribution in [0.5, 0.6) is 0 Å². The van der Waals surface area contributed by atoms with Crippen molar-refractivity contribution in [3.05, 3.63) is 0 Å². The Hall–Kier alpha value is -0.770. The second-order valence-electron chi connectivity index (χ2n) is 3.52. The summed E-state index contributed by atoms with van der Waals surface area (Å²) in [6.07, 6.45) is 3.95. The third-order valence-corrected chi connectivity index (χ3v) is 2.79. The van der Waals surface area contributed by atoms with Gasteiger partial charge in [-0.1, -0.05) is 6.92 Å². The highest BCUT2D eigenvalue weighted by Crippen LogP contribution is 2.31. The largest absolute Gasteiger partial charge is 0.299 e. The van der Waals surface area contributed by atoms with Crippen LogP contribution in [0.3, 0.4) is 0 Å². The number of hydrogen-bond donors (Lipinski definition) is 0. The first kappa shape index (κ1) is 9.32. The van der Waals surface area contributed by atoms with Crippen molar-refractivity contribution >= 4 is 5.78 Å². The van der Waals surface area contributed by atoms with Crippen LogP contribution in [0.1, 0.15) is 39.5 Å². The Morgan fingerprint density at radius 1 is 1.58 bits per heavy atom. The molecule has 1 nitrogen and oxygen atoms in total. The van der Waals surface area contributed by atoms with Gasteiger partial charge in [0.15, 0.2) is 0 Å². The van der Waals surface area contributed by atoms with Gasteiger partial charge in [-0.3, -0.25) is 4.79 Å². The monoisotopic (exact) mass is 164 g/mol. The Kier molecular flexibility index (Phi) is 3.34. The van der Waals surface area contributed by atoms with E-state index in [1.807, 2.05) is 6.92 Å². The lowest BCUT2D eigenvalue weighted by atomic mass is 9.93. The van der Waals surface area contributed by atoms with E-state index < -0.39 is 0 Å². The van der Waals surface area contributed by atoms with Gasteiger partial charge in [0.1, 0.15) is 5.78 Å². The van der Waals surface area contributed by atoms with Crippen LogP contribution in [-0.2, 0) is 4.79 Å². The number of rotatable bonds is 2. The molecule has 1 aliphatic carbocycles. The molecule has 0 aromatic rings. The van der Waals surface area contributed by atoms with E-state index in [1.165, 1.54) is 0 Å². The lowest BCUT2D eigenvalue weighted by Crippen LogP contribution is -2.09. The van der Waals surface area contributed by atoms with Crippen LogP contribution in [0.2, 0.25) is 0 Å². The van der Waals surface area contributed by atoms with Gasteiger partial charge in [0.25, 0.3) is 0 Å². The molecule has 1 heteroatoms. The minimum Gasteiger partial charge on any atom is -0.299 e. The summed E-state index contributed by atoms with van der Waals surface area (Å²) >= 11 is 0. The first-order chi connectivity index (χ1) is 5.75. The molecule has 1 fully saturated rings. The van der Waals surface area contributed by atoms with Gasteiger partial charge < -0.3 is 0 Å². The van der Waals surface area contributed by atoms with E-state index in [0.29, 0.717) is 17.6 Å². The molecule has 0 aromatic carbocycles. The van der Waals surface area contributed by atoms with Gasteiger partial charge in [-0.2, -0.15) is 0 Å². The highest BCUT2D eigenvalue weighted by atomic mass is 16.1. The average Bonchev–Trinajstić information content (AvgIpc) is 2.36. The van der Waals surface area contributed by atoms with Crippen LogP contribution in [-0.4, -0.2) is 5.78 Å². The first-order valence-electron chi connectivity index (χ1n) is 4.68. The smallest absolute Gasteiger partial charge is 0.135 e. The second-order valence-corrected chi connectivity index (χ2v) is 3.52. The zero-order chi connectivity index (χ0) is 8.97. The molecule has 0 spiro atoms. The van der Waals surface area contributed by atoms with Crippen LogP contribution in [0.25, 0.3) is 0 Å². The molecule has 1 rings (SSSR count). The summed E-state index contributed by atoms with van der Waals surface area (Å²) in [5, 5.41) is 0. The number of ketones is 1. The molecular weight excluding hydrogens is 148 g/mol. The van der Waals surface area contributed by atoms with Crippen molar-refractivity contribution in [2.75, 3.05) is 0 Å². The third kappa shape index (κ3) is 2.11. The van der Waals surface area contributed by atoms with Gasteiger partial charge >= 0.3 is 0 Å². The predicted molar refractivity (Wildman–Crippen MR) is 49.6 cm³/mol. The fraction of sp³-hybridized carbons (Fsp3) is 0.727. The molecule has 0 N–H and O–H groups in total. The van der Waals surface area contributed by atoms with Gasteiger partial charge in [-0.15, -0.1) is 11.8 Å². The molecule has 0 radical (unpaired) electrons. The Morgan fingerprint density at radius 2 is 2.33 bits per heavy atom. The van der Waals surface area contributed by atoms with Crippen LogP contribution in [0.4, 0.5) is 0 Å². The maximum atomic E-state index is 11.2. The van der Waals surface area contributed by atoms with Gasteiger partial charge in [0.05, 0.1) is 0 Å².